The van der Waals surface area contributed by atoms with Gasteiger partial charge in [0.25, 0.3) is 5.91 Å². The second kappa shape index (κ2) is 6.42. The first kappa shape index (κ1) is 13.7. The van der Waals surface area contributed by atoms with Crippen molar-refractivity contribution >= 4 is 5.91 Å². The first-order valence-electron chi connectivity index (χ1n) is 5.67. The summed E-state index contributed by atoms with van der Waals surface area (Å²) in [5.74, 6) is 1.01. The maximum absolute atomic E-state index is 11.9. The Balaban J connectivity index is 2.57. The fourth-order valence-electron chi connectivity index (χ4n) is 1.57. The van der Waals surface area contributed by atoms with Crippen molar-refractivity contribution in [3.05, 3.63) is 23.7 Å². The van der Waals surface area contributed by atoms with Gasteiger partial charge in [0.15, 0.2) is 5.76 Å². The minimum atomic E-state index is -0.186. The average molecular weight is 240 g/mol. The van der Waals surface area contributed by atoms with Gasteiger partial charge in [-0.25, -0.2) is 0 Å². The lowest BCUT2D eigenvalue weighted by Crippen LogP contribution is -2.41. The number of aryl methyl sites for hydroxylation is 1. The number of amides is 1. The number of carbonyl (C=O) groups excluding carboxylic acids is 1. The van der Waals surface area contributed by atoms with E-state index in [2.05, 4.69) is 0 Å². The van der Waals surface area contributed by atoms with Gasteiger partial charge in [-0.15, -0.1) is 0 Å². The number of methoxy groups -OCH3 is 1. The van der Waals surface area contributed by atoms with Crippen LogP contribution in [0.25, 0.3) is 0 Å². The van der Waals surface area contributed by atoms with E-state index < -0.39 is 0 Å². The summed E-state index contributed by atoms with van der Waals surface area (Å²) in [5, 5.41) is 0. The van der Waals surface area contributed by atoms with Crippen molar-refractivity contribution in [2.75, 3.05) is 27.3 Å². The van der Waals surface area contributed by atoms with E-state index in [1.54, 1.807) is 25.1 Å². The molecule has 0 radical (unpaired) electrons. The van der Waals surface area contributed by atoms with Crippen LogP contribution < -0.4 is 5.73 Å². The second-order valence-corrected chi connectivity index (χ2v) is 4.02. The van der Waals surface area contributed by atoms with Crippen molar-refractivity contribution in [3.63, 3.8) is 0 Å². The smallest absolute Gasteiger partial charge is 0.289 e. The molecule has 5 heteroatoms. The summed E-state index contributed by atoms with van der Waals surface area (Å²) in [6.45, 7) is 2.84. The van der Waals surface area contributed by atoms with Crippen molar-refractivity contribution in [3.8, 4) is 0 Å². The zero-order chi connectivity index (χ0) is 12.8. The molecule has 0 spiro atoms. The molecule has 0 saturated heterocycles. The van der Waals surface area contributed by atoms with Gasteiger partial charge in [0, 0.05) is 33.2 Å². The third-order valence-corrected chi connectivity index (χ3v) is 2.46. The number of carbonyl (C=O) groups is 1. The van der Waals surface area contributed by atoms with Crippen LogP contribution in [-0.4, -0.2) is 44.2 Å². The van der Waals surface area contributed by atoms with E-state index in [-0.39, 0.29) is 11.9 Å². The lowest BCUT2D eigenvalue weighted by molar-refractivity contribution is 0.0732. The lowest BCUT2D eigenvalue weighted by atomic mass is 10.3. The summed E-state index contributed by atoms with van der Waals surface area (Å²) in [4.78, 5) is 13.5. The summed E-state index contributed by atoms with van der Waals surface area (Å²) >= 11 is 0. The lowest BCUT2D eigenvalue weighted by Gasteiger charge is -2.19. The van der Waals surface area contributed by atoms with Gasteiger partial charge in [-0.1, -0.05) is 6.92 Å². The van der Waals surface area contributed by atoms with Gasteiger partial charge in [0.2, 0.25) is 0 Å². The molecule has 0 aliphatic carbocycles. The highest BCUT2D eigenvalue weighted by Crippen LogP contribution is 2.10. The summed E-state index contributed by atoms with van der Waals surface area (Å²) in [7, 11) is 3.29. The maximum Gasteiger partial charge on any atom is 0.289 e. The number of hydrogen-bond donors (Lipinski definition) is 1. The van der Waals surface area contributed by atoms with Crippen molar-refractivity contribution in [2.24, 2.45) is 5.73 Å². The molecule has 17 heavy (non-hydrogen) atoms. The quantitative estimate of drug-likeness (QED) is 0.801. The van der Waals surface area contributed by atoms with E-state index in [9.17, 15) is 4.79 Å². The first-order chi connectivity index (χ1) is 8.08. The number of ether oxygens (including phenoxy) is 1. The standard InChI is InChI=1S/C12H20N2O3/c1-4-10-5-6-11(17-10)12(15)14(2)7-9(13)8-16-3/h5-6,9H,4,7-8,13H2,1-3H3. The van der Waals surface area contributed by atoms with Crippen LogP contribution in [0.1, 0.15) is 23.2 Å². The van der Waals surface area contributed by atoms with E-state index >= 15 is 0 Å². The molecule has 1 rings (SSSR count). The molecule has 1 aromatic heterocycles. The monoisotopic (exact) mass is 240 g/mol. The van der Waals surface area contributed by atoms with Crippen molar-refractivity contribution in [1.82, 2.24) is 4.90 Å². The highest BCUT2D eigenvalue weighted by molar-refractivity contribution is 5.91. The van der Waals surface area contributed by atoms with Gasteiger partial charge in [-0.2, -0.15) is 0 Å². The second-order valence-electron chi connectivity index (χ2n) is 4.02. The zero-order valence-electron chi connectivity index (χ0n) is 10.6. The molecule has 1 atom stereocenters. The van der Waals surface area contributed by atoms with Gasteiger partial charge in [0.1, 0.15) is 5.76 Å². The topological polar surface area (TPSA) is 68.7 Å². The maximum atomic E-state index is 11.9. The van der Waals surface area contributed by atoms with Crippen molar-refractivity contribution in [2.45, 2.75) is 19.4 Å². The molecule has 1 unspecified atom stereocenters. The SMILES string of the molecule is CCc1ccc(C(=O)N(C)CC(N)COC)o1. The highest BCUT2D eigenvalue weighted by Gasteiger charge is 2.17. The van der Waals surface area contributed by atoms with Crippen LogP contribution in [0.4, 0.5) is 0 Å². The molecule has 2 N–H and O–H groups in total. The fraction of sp³-hybridized carbons (Fsp3) is 0.583. The molecule has 0 aromatic carbocycles. The Morgan fingerprint density at radius 1 is 1.59 bits per heavy atom. The largest absolute Gasteiger partial charge is 0.456 e. The van der Waals surface area contributed by atoms with E-state index in [1.807, 2.05) is 13.0 Å². The minimum Gasteiger partial charge on any atom is -0.456 e. The molecule has 1 amide bonds. The Morgan fingerprint density at radius 2 is 2.29 bits per heavy atom. The minimum absolute atomic E-state index is 0.156. The van der Waals surface area contributed by atoms with Crippen LogP contribution in [0.3, 0.4) is 0 Å². The predicted molar refractivity (Wildman–Crippen MR) is 64.9 cm³/mol. The molecule has 0 aliphatic heterocycles. The molecule has 1 aromatic rings. The molecule has 5 nitrogen and oxygen atoms in total. The summed E-state index contributed by atoms with van der Waals surface area (Å²) in [6, 6.07) is 3.32. The van der Waals surface area contributed by atoms with Gasteiger partial charge in [-0.3, -0.25) is 4.79 Å². The Hall–Kier alpha value is -1.33. The Morgan fingerprint density at radius 3 is 2.82 bits per heavy atom. The van der Waals surface area contributed by atoms with E-state index in [4.69, 9.17) is 14.9 Å². The van der Waals surface area contributed by atoms with Gasteiger partial charge in [-0.05, 0) is 12.1 Å². The molecular weight excluding hydrogens is 220 g/mol. The summed E-state index contributed by atoms with van der Waals surface area (Å²) in [6.07, 6.45) is 0.778. The molecule has 1 heterocycles. The summed E-state index contributed by atoms with van der Waals surface area (Å²) < 4.78 is 10.3. The number of nitrogens with two attached hydrogens (primary N) is 1. The molecule has 96 valence electrons. The Bertz CT molecular complexity index is 362. The Labute approximate surface area is 102 Å². The van der Waals surface area contributed by atoms with E-state index in [1.165, 1.54) is 0 Å². The molecule has 0 fully saturated rings. The molecular formula is C12H20N2O3. The normalized spacial score (nSPS) is 12.5. The first-order valence-corrected chi connectivity index (χ1v) is 5.67. The zero-order valence-corrected chi connectivity index (χ0v) is 10.6. The third kappa shape index (κ3) is 3.87. The average Bonchev–Trinajstić information content (AvgIpc) is 2.76. The van der Waals surface area contributed by atoms with Crippen LogP contribution in [0.15, 0.2) is 16.5 Å². The number of furan rings is 1. The van der Waals surface area contributed by atoms with E-state index in [0.29, 0.717) is 18.9 Å². The Kier molecular flexibility index (Phi) is 5.18. The summed E-state index contributed by atoms with van der Waals surface area (Å²) in [5.41, 5.74) is 5.78. The number of likely N-dealkylation sites (N-methyl/N-ethyl adjacent to an activating group) is 1. The van der Waals surface area contributed by atoms with Gasteiger partial charge >= 0.3 is 0 Å². The third-order valence-electron chi connectivity index (χ3n) is 2.46. The van der Waals surface area contributed by atoms with Crippen LogP contribution in [0.2, 0.25) is 0 Å². The van der Waals surface area contributed by atoms with Crippen LogP contribution >= 0.6 is 0 Å². The van der Waals surface area contributed by atoms with Gasteiger partial charge in [0.05, 0.1) is 6.61 Å². The number of hydrogen-bond acceptors (Lipinski definition) is 4. The van der Waals surface area contributed by atoms with Crippen LogP contribution in [-0.2, 0) is 11.2 Å². The molecule has 0 bridgehead atoms. The molecule has 0 saturated carbocycles. The van der Waals surface area contributed by atoms with E-state index in [0.717, 1.165) is 12.2 Å². The fourth-order valence-corrected chi connectivity index (χ4v) is 1.57. The predicted octanol–water partition coefficient (Wildman–Crippen LogP) is 0.888. The van der Waals surface area contributed by atoms with Crippen molar-refractivity contribution < 1.29 is 13.9 Å². The molecule has 0 aliphatic rings. The number of rotatable bonds is 6. The number of nitrogens with zero attached hydrogens (tertiary/aromatic N) is 1. The highest BCUT2D eigenvalue weighted by atomic mass is 16.5. The van der Waals surface area contributed by atoms with Crippen LogP contribution in [0, 0.1) is 0 Å². The van der Waals surface area contributed by atoms with Gasteiger partial charge < -0.3 is 19.8 Å². The van der Waals surface area contributed by atoms with Crippen LogP contribution in [0.5, 0.6) is 0 Å². The van der Waals surface area contributed by atoms with Crippen molar-refractivity contribution in [1.29, 1.82) is 0 Å².